The molecule has 1 aliphatic heterocycles. The molecule has 6 heteroatoms. The lowest BCUT2D eigenvalue weighted by Crippen LogP contribution is -2.37. The summed E-state index contributed by atoms with van der Waals surface area (Å²) < 4.78 is 22.2. The Morgan fingerprint density at radius 1 is 1.28 bits per heavy atom. The van der Waals surface area contributed by atoms with Crippen molar-refractivity contribution in [1.29, 1.82) is 0 Å². The largest absolute Gasteiger partial charge is 0.379 e. The van der Waals surface area contributed by atoms with Gasteiger partial charge in [-0.25, -0.2) is 9.37 Å². The fourth-order valence-electron chi connectivity index (χ4n) is 4.38. The van der Waals surface area contributed by atoms with Crippen LogP contribution in [0.4, 0.5) is 10.1 Å². The monoisotopic (exact) mass is 393 g/mol. The minimum atomic E-state index is -0.486. The van der Waals surface area contributed by atoms with Gasteiger partial charge in [0.1, 0.15) is 5.52 Å². The van der Waals surface area contributed by atoms with Crippen LogP contribution in [0.15, 0.2) is 41.5 Å². The van der Waals surface area contributed by atoms with Crippen molar-refractivity contribution in [2.24, 2.45) is 0 Å². The van der Waals surface area contributed by atoms with Crippen molar-refractivity contribution < 1.29 is 9.13 Å². The predicted molar refractivity (Wildman–Crippen MR) is 111 cm³/mol. The van der Waals surface area contributed by atoms with Gasteiger partial charge in [-0.2, -0.15) is 0 Å². The van der Waals surface area contributed by atoms with Crippen LogP contribution in [0.1, 0.15) is 42.0 Å². The summed E-state index contributed by atoms with van der Waals surface area (Å²) in [5.41, 5.74) is 3.63. The van der Waals surface area contributed by atoms with Crippen molar-refractivity contribution in [1.82, 2.24) is 9.55 Å². The first-order chi connectivity index (χ1) is 14.0. The van der Waals surface area contributed by atoms with Gasteiger partial charge in [0.2, 0.25) is 0 Å². The second kappa shape index (κ2) is 6.66. The molecule has 0 radical (unpaired) electrons. The number of hydrogen-bond acceptors (Lipinski definition) is 4. The fourth-order valence-corrected chi connectivity index (χ4v) is 4.38. The second-order valence-electron chi connectivity index (χ2n) is 8.30. The van der Waals surface area contributed by atoms with Gasteiger partial charge >= 0.3 is 0 Å². The average Bonchev–Trinajstić information content (AvgIpc) is 3.43. The van der Waals surface area contributed by atoms with Gasteiger partial charge in [-0.1, -0.05) is 18.2 Å². The molecule has 2 aromatic carbocycles. The third kappa shape index (κ3) is 3.02. The van der Waals surface area contributed by atoms with Crippen LogP contribution in [-0.2, 0) is 10.3 Å². The Kier molecular flexibility index (Phi) is 4.21. The van der Waals surface area contributed by atoms with Crippen LogP contribution < -0.4 is 10.9 Å². The van der Waals surface area contributed by atoms with Gasteiger partial charge in [-0.05, 0) is 55.5 Å². The molecule has 5 rings (SSSR count). The van der Waals surface area contributed by atoms with E-state index in [9.17, 15) is 9.18 Å². The van der Waals surface area contributed by atoms with E-state index in [1.54, 1.807) is 10.6 Å². The lowest BCUT2D eigenvalue weighted by atomic mass is 9.84. The van der Waals surface area contributed by atoms with E-state index in [0.717, 1.165) is 24.8 Å². The first-order valence-corrected chi connectivity index (χ1v) is 10.1. The van der Waals surface area contributed by atoms with Crippen LogP contribution in [0.2, 0.25) is 0 Å². The topological polar surface area (TPSA) is 56.2 Å². The Morgan fingerprint density at radius 3 is 2.83 bits per heavy atom. The molecule has 1 aliphatic carbocycles. The third-order valence-electron chi connectivity index (χ3n) is 6.31. The molecule has 2 aliphatic rings. The SMILES string of the molecule is Cc1cccc(C2(Nc3cc(F)c4ncn(C5CC5)c(=O)c4c3)CCOC2)c1C. The number of anilines is 1. The Hall–Kier alpha value is -2.73. The van der Waals surface area contributed by atoms with Crippen LogP contribution in [0.5, 0.6) is 0 Å². The zero-order chi connectivity index (χ0) is 20.2. The summed E-state index contributed by atoms with van der Waals surface area (Å²) >= 11 is 0. The predicted octanol–water partition coefficient (Wildman–Crippen LogP) is 4.22. The van der Waals surface area contributed by atoms with Gasteiger partial charge in [0, 0.05) is 24.8 Å². The van der Waals surface area contributed by atoms with E-state index in [4.69, 9.17) is 4.74 Å². The summed E-state index contributed by atoms with van der Waals surface area (Å²) in [4.78, 5) is 17.1. The molecule has 2 heterocycles. The summed E-state index contributed by atoms with van der Waals surface area (Å²) in [6.45, 7) is 5.32. The molecule has 29 heavy (non-hydrogen) atoms. The summed E-state index contributed by atoms with van der Waals surface area (Å²) in [6, 6.07) is 9.59. The number of halogens is 1. The lowest BCUT2D eigenvalue weighted by Gasteiger charge is -2.32. The van der Waals surface area contributed by atoms with Crippen molar-refractivity contribution in [3.63, 3.8) is 0 Å². The highest BCUT2D eigenvalue weighted by atomic mass is 19.1. The number of hydrogen-bond donors (Lipinski definition) is 1. The highest BCUT2D eigenvalue weighted by molar-refractivity contribution is 5.82. The number of aryl methyl sites for hydroxylation is 1. The molecule has 1 atom stereocenters. The maximum Gasteiger partial charge on any atom is 0.261 e. The number of rotatable bonds is 4. The van der Waals surface area contributed by atoms with Gasteiger partial charge < -0.3 is 10.1 Å². The van der Waals surface area contributed by atoms with Crippen molar-refractivity contribution >= 4 is 16.6 Å². The molecular formula is C23H24FN3O2. The molecule has 1 unspecified atom stereocenters. The van der Waals surface area contributed by atoms with E-state index < -0.39 is 11.4 Å². The number of benzene rings is 2. The molecule has 1 N–H and O–H groups in total. The molecular weight excluding hydrogens is 369 g/mol. The molecule has 1 saturated carbocycles. The van der Waals surface area contributed by atoms with Gasteiger partial charge in [-0.15, -0.1) is 0 Å². The van der Waals surface area contributed by atoms with Crippen molar-refractivity contribution in [3.8, 4) is 0 Å². The van der Waals surface area contributed by atoms with Crippen LogP contribution in [0.25, 0.3) is 10.9 Å². The van der Waals surface area contributed by atoms with Crippen molar-refractivity contribution in [3.05, 3.63) is 69.5 Å². The maximum atomic E-state index is 14.8. The average molecular weight is 393 g/mol. The number of nitrogens with one attached hydrogen (secondary N) is 1. The highest BCUT2D eigenvalue weighted by Crippen LogP contribution is 2.38. The highest BCUT2D eigenvalue weighted by Gasteiger charge is 2.38. The van der Waals surface area contributed by atoms with Gasteiger partial charge in [0.15, 0.2) is 5.82 Å². The Labute approximate surface area is 168 Å². The van der Waals surface area contributed by atoms with Gasteiger partial charge in [0.05, 0.1) is 23.9 Å². The minimum Gasteiger partial charge on any atom is -0.379 e. The smallest absolute Gasteiger partial charge is 0.261 e. The minimum absolute atomic E-state index is 0.126. The van der Waals surface area contributed by atoms with Gasteiger partial charge in [-0.3, -0.25) is 9.36 Å². The number of ether oxygens (including phenoxy) is 1. The van der Waals surface area contributed by atoms with Crippen LogP contribution >= 0.6 is 0 Å². The first-order valence-electron chi connectivity index (χ1n) is 10.1. The second-order valence-corrected chi connectivity index (χ2v) is 8.30. The van der Waals surface area contributed by atoms with E-state index in [1.165, 1.54) is 23.5 Å². The van der Waals surface area contributed by atoms with E-state index in [1.807, 2.05) is 6.07 Å². The third-order valence-corrected chi connectivity index (χ3v) is 6.31. The van der Waals surface area contributed by atoms with E-state index in [-0.39, 0.29) is 17.1 Å². The molecule has 2 fully saturated rings. The summed E-state index contributed by atoms with van der Waals surface area (Å²) in [5.74, 6) is -0.486. The Morgan fingerprint density at radius 2 is 2.10 bits per heavy atom. The first kappa shape index (κ1) is 18.3. The number of nitrogens with zero attached hydrogens (tertiary/aromatic N) is 2. The Balaban J connectivity index is 1.62. The standard InChI is InChI=1S/C23H24FN3O2/c1-14-4-3-5-19(15(14)2)23(8-9-29-12-23)26-16-10-18-21(20(24)11-16)25-13-27(22(18)28)17-6-7-17/h3-5,10-11,13,17,26H,6-9,12H2,1-2H3. The summed E-state index contributed by atoms with van der Waals surface area (Å²) in [6.07, 6.45) is 4.19. The normalized spacial score (nSPS) is 21.6. The molecule has 5 nitrogen and oxygen atoms in total. The lowest BCUT2D eigenvalue weighted by molar-refractivity contribution is 0.182. The van der Waals surface area contributed by atoms with Crippen molar-refractivity contribution in [2.45, 2.75) is 44.7 Å². The summed E-state index contributed by atoms with van der Waals surface area (Å²) in [7, 11) is 0. The zero-order valence-electron chi connectivity index (χ0n) is 16.7. The van der Waals surface area contributed by atoms with Crippen LogP contribution in [0.3, 0.4) is 0 Å². The van der Waals surface area contributed by atoms with Crippen molar-refractivity contribution in [2.75, 3.05) is 18.5 Å². The Bertz CT molecular complexity index is 1160. The van der Waals surface area contributed by atoms with Crippen LogP contribution in [0, 0.1) is 19.7 Å². The zero-order valence-corrected chi connectivity index (χ0v) is 16.7. The molecule has 3 aromatic rings. The maximum absolute atomic E-state index is 14.8. The molecule has 0 amide bonds. The fraction of sp³-hybridized carbons (Fsp3) is 0.391. The molecule has 150 valence electrons. The summed E-state index contributed by atoms with van der Waals surface area (Å²) in [5, 5.41) is 3.84. The van der Waals surface area contributed by atoms with Crippen LogP contribution in [-0.4, -0.2) is 22.8 Å². The molecule has 0 bridgehead atoms. The number of aromatic nitrogens is 2. The number of fused-ring (bicyclic) bond motifs is 1. The van der Waals surface area contributed by atoms with E-state index in [2.05, 4.69) is 36.3 Å². The van der Waals surface area contributed by atoms with Gasteiger partial charge in [0.25, 0.3) is 5.56 Å². The van der Waals surface area contributed by atoms with E-state index in [0.29, 0.717) is 24.3 Å². The molecule has 0 spiro atoms. The molecule has 1 aromatic heterocycles. The van der Waals surface area contributed by atoms with E-state index >= 15 is 0 Å². The quantitative estimate of drug-likeness (QED) is 0.721. The molecule has 1 saturated heterocycles.